The molecule has 5 nitrogen and oxygen atoms in total. The van der Waals surface area contributed by atoms with Crippen molar-refractivity contribution in [2.45, 2.75) is 6.42 Å². The first-order valence-corrected chi connectivity index (χ1v) is 7.92. The molecular formula is C19H14N2O3. The maximum atomic E-state index is 12.7. The quantitative estimate of drug-likeness (QED) is 0.865. The predicted octanol–water partition coefficient (Wildman–Crippen LogP) is 2.89. The van der Waals surface area contributed by atoms with Crippen molar-refractivity contribution in [3.05, 3.63) is 71.4 Å². The SMILES string of the molecule is O=C(OC1=C2C=CC=C3CC1C(=O)CN32)c1c[nH]c2ccccc12. The number of esters is 1. The number of hydrogen-bond donors (Lipinski definition) is 1. The fourth-order valence-electron chi connectivity index (χ4n) is 3.69. The number of nitrogens with one attached hydrogen (secondary N) is 1. The zero-order chi connectivity index (χ0) is 16.3. The van der Waals surface area contributed by atoms with E-state index in [2.05, 4.69) is 4.98 Å². The number of carbonyl (C=O) groups excluding carboxylic acids is 2. The highest BCUT2D eigenvalue weighted by Gasteiger charge is 2.44. The van der Waals surface area contributed by atoms with Gasteiger partial charge in [-0.3, -0.25) is 4.79 Å². The van der Waals surface area contributed by atoms with Gasteiger partial charge in [-0.25, -0.2) is 4.79 Å². The summed E-state index contributed by atoms with van der Waals surface area (Å²) in [7, 11) is 0. The summed E-state index contributed by atoms with van der Waals surface area (Å²) in [6.45, 7) is 0.365. The summed E-state index contributed by atoms with van der Waals surface area (Å²) >= 11 is 0. The van der Waals surface area contributed by atoms with E-state index in [0.29, 0.717) is 24.3 Å². The molecule has 6 rings (SSSR count). The molecule has 1 saturated heterocycles. The van der Waals surface area contributed by atoms with Gasteiger partial charge < -0.3 is 14.6 Å². The maximum absolute atomic E-state index is 12.7. The van der Waals surface area contributed by atoms with Gasteiger partial charge in [-0.1, -0.05) is 24.3 Å². The molecule has 24 heavy (non-hydrogen) atoms. The van der Waals surface area contributed by atoms with Crippen molar-refractivity contribution in [1.29, 1.82) is 0 Å². The van der Waals surface area contributed by atoms with Crippen LogP contribution in [0.2, 0.25) is 0 Å². The molecule has 1 aromatic heterocycles. The van der Waals surface area contributed by atoms with Crippen LogP contribution in [0.25, 0.3) is 10.9 Å². The average molecular weight is 318 g/mol. The molecule has 1 unspecified atom stereocenters. The molecule has 4 aliphatic rings. The van der Waals surface area contributed by atoms with Crippen LogP contribution in [0.4, 0.5) is 0 Å². The number of hydrogen-bond acceptors (Lipinski definition) is 4. The molecular weight excluding hydrogens is 304 g/mol. The fraction of sp³-hybridized carbons (Fsp3) is 0.158. The lowest BCUT2D eigenvalue weighted by Gasteiger charge is -2.43. The fourth-order valence-corrected chi connectivity index (χ4v) is 3.69. The van der Waals surface area contributed by atoms with Crippen molar-refractivity contribution in [3.63, 3.8) is 0 Å². The van der Waals surface area contributed by atoms with Gasteiger partial charge in [-0.05, 0) is 18.2 Å². The number of aromatic amines is 1. The lowest BCUT2D eigenvalue weighted by molar-refractivity contribution is -0.126. The summed E-state index contributed by atoms with van der Waals surface area (Å²) < 4.78 is 5.71. The van der Waals surface area contributed by atoms with Gasteiger partial charge in [-0.2, -0.15) is 0 Å². The van der Waals surface area contributed by atoms with Crippen LogP contribution in [0, 0.1) is 5.92 Å². The molecule has 5 heteroatoms. The van der Waals surface area contributed by atoms with Crippen LogP contribution >= 0.6 is 0 Å². The first kappa shape index (κ1) is 13.4. The van der Waals surface area contributed by atoms with E-state index in [9.17, 15) is 9.59 Å². The molecule has 0 spiro atoms. The number of Topliss-reactive ketones (excluding diaryl/α,β-unsaturated/α-hetero) is 1. The number of carbonyl (C=O) groups is 2. The third kappa shape index (κ3) is 1.75. The van der Waals surface area contributed by atoms with Crippen molar-refractivity contribution >= 4 is 22.7 Å². The monoisotopic (exact) mass is 318 g/mol. The zero-order valence-corrected chi connectivity index (χ0v) is 12.8. The number of allylic oxidation sites excluding steroid dienone is 5. The van der Waals surface area contributed by atoms with Crippen LogP contribution in [0.3, 0.4) is 0 Å². The average Bonchev–Trinajstić information content (AvgIpc) is 3.01. The smallest absolute Gasteiger partial charge is 0.345 e. The highest BCUT2D eigenvalue weighted by atomic mass is 16.5. The van der Waals surface area contributed by atoms with Gasteiger partial charge in [0, 0.05) is 29.2 Å². The number of para-hydroxylation sites is 1. The maximum Gasteiger partial charge on any atom is 0.345 e. The van der Waals surface area contributed by atoms with Gasteiger partial charge >= 0.3 is 5.97 Å². The minimum absolute atomic E-state index is 0.105. The van der Waals surface area contributed by atoms with Crippen molar-refractivity contribution < 1.29 is 14.3 Å². The minimum atomic E-state index is -0.430. The van der Waals surface area contributed by atoms with E-state index in [1.54, 1.807) is 6.20 Å². The third-order valence-corrected chi connectivity index (χ3v) is 4.88. The molecule has 5 heterocycles. The van der Waals surface area contributed by atoms with E-state index < -0.39 is 5.97 Å². The van der Waals surface area contributed by atoms with Gasteiger partial charge in [-0.15, -0.1) is 0 Å². The molecule has 1 fully saturated rings. The van der Waals surface area contributed by atoms with Gasteiger partial charge in [0.05, 0.1) is 23.7 Å². The Balaban J connectivity index is 1.55. The molecule has 0 radical (unpaired) electrons. The Hall–Kier alpha value is -3.08. The molecule has 2 aromatic rings. The largest absolute Gasteiger partial charge is 0.424 e. The second-order valence-electron chi connectivity index (χ2n) is 6.21. The number of fused-ring (bicyclic) bond motifs is 2. The molecule has 4 aliphatic heterocycles. The van der Waals surface area contributed by atoms with E-state index in [-0.39, 0.29) is 11.7 Å². The van der Waals surface area contributed by atoms with Gasteiger partial charge in [0.2, 0.25) is 0 Å². The second kappa shape index (κ2) is 4.71. The number of ketones is 1. The number of rotatable bonds is 2. The van der Waals surface area contributed by atoms with Crippen molar-refractivity contribution in [2.75, 3.05) is 6.54 Å². The normalized spacial score (nSPS) is 21.5. The lowest BCUT2D eigenvalue weighted by Crippen LogP contribution is -2.46. The standard InChI is InChI=1S/C19H14N2O3/c22-17-10-21-11-4-3-7-16(21)18(13(17)8-11)24-19(23)14-9-20-15-6-2-1-5-12(14)15/h1-7,9,13,20H,8,10H2. The van der Waals surface area contributed by atoms with Gasteiger partial charge in [0.15, 0.2) is 5.78 Å². The van der Waals surface area contributed by atoms with Crippen LogP contribution < -0.4 is 0 Å². The number of ether oxygens (including phenoxy) is 1. The molecule has 1 aromatic carbocycles. The zero-order valence-electron chi connectivity index (χ0n) is 12.8. The molecule has 4 bridgehead atoms. The number of piperidine rings is 1. The summed E-state index contributed by atoms with van der Waals surface area (Å²) in [5.74, 6) is -0.195. The lowest BCUT2D eigenvalue weighted by atomic mass is 9.83. The Morgan fingerprint density at radius 3 is 3.08 bits per heavy atom. The van der Waals surface area contributed by atoms with Crippen molar-refractivity contribution in [1.82, 2.24) is 9.88 Å². The van der Waals surface area contributed by atoms with Crippen LogP contribution in [0.15, 0.2) is 65.8 Å². The molecule has 0 aliphatic carbocycles. The van der Waals surface area contributed by atoms with Crippen LogP contribution in [0.5, 0.6) is 0 Å². The number of nitrogens with zero attached hydrogens (tertiary/aromatic N) is 1. The van der Waals surface area contributed by atoms with E-state index in [1.165, 1.54) is 0 Å². The van der Waals surface area contributed by atoms with Crippen molar-refractivity contribution in [2.24, 2.45) is 5.92 Å². The summed E-state index contributed by atoms with van der Waals surface area (Å²) in [6, 6.07) is 7.58. The minimum Gasteiger partial charge on any atom is -0.424 e. The van der Waals surface area contributed by atoms with Crippen LogP contribution in [-0.4, -0.2) is 28.2 Å². The molecule has 0 saturated carbocycles. The number of benzene rings is 1. The predicted molar refractivity (Wildman–Crippen MR) is 87.8 cm³/mol. The molecule has 0 amide bonds. The van der Waals surface area contributed by atoms with Gasteiger partial charge in [0.1, 0.15) is 5.76 Å². The van der Waals surface area contributed by atoms with Crippen molar-refractivity contribution in [3.8, 4) is 0 Å². The highest BCUT2D eigenvalue weighted by Crippen LogP contribution is 2.42. The van der Waals surface area contributed by atoms with Crippen LogP contribution in [-0.2, 0) is 9.53 Å². The Morgan fingerprint density at radius 2 is 2.17 bits per heavy atom. The Kier molecular flexibility index (Phi) is 2.62. The molecule has 118 valence electrons. The molecule has 1 atom stereocenters. The van der Waals surface area contributed by atoms with E-state index in [1.807, 2.05) is 47.4 Å². The second-order valence-corrected chi connectivity index (χ2v) is 6.21. The summed E-state index contributed by atoms with van der Waals surface area (Å²) in [4.78, 5) is 30.0. The van der Waals surface area contributed by atoms with Crippen LogP contribution in [0.1, 0.15) is 16.8 Å². The summed E-state index contributed by atoms with van der Waals surface area (Å²) in [5.41, 5.74) is 3.31. The Labute approximate surface area is 137 Å². The first-order chi connectivity index (χ1) is 11.7. The number of H-pyrrole nitrogens is 1. The Bertz CT molecular complexity index is 993. The van der Waals surface area contributed by atoms with Gasteiger partial charge in [0.25, 0.3) is 0 Å². The molecule has 1 N–H and O–H groups in total. The number of aromatic nitrogens is 1. The summed E-state index contributed by atoms with van der Waals surface area (Å²) in [6.07, 6.45) is 8.11. The third-order valence-electron chi connectivity index (χ3n) is 4.88. The van der Waals surface area contributed by atoms with E-state index in [0.717, 1.165) is 22.3 Å². The summed E-state index contributed by atoms with van der Waals surface area (Å²) in [5, 5.41) is 0.820. The highest BCUT2D eigenvalue weighted by molar-refractivity contribution is 6.04. The Morgan fingerprint density at radius 1 is 1.29 bits per heavy atom. The van der Waals surface area contributed by atoms with E-state index in [4.69, 9.17) is 4.74 Å². The topological polar surface area (TPSA) is 62.4 Å². The first-order valence-electron chi connectivity index (χ1n) is 7.92. The van der Waals surface area contributed by atoms with E-state index >= 15 is 0 Å².